The van der Waals surface area contributed by atoms with Crippen LogP contribution in [-0.2, 0) is 4.79 Å². The highest BCUT2D eigenvalue weighted by Gasteiger charge is 2.52. The molecule has 2 atom stereocenters. The van der Waals surface area contributed by atoms with E-state index < -0.39 is 5.41 Å². The molecule has 0 spiro atoms. The molecule has 0 saturated carbocycles. The highest BCUT2D eigenvalue weighted by Crippen LogP contribution is 2.43. The second-order valence-electron chi connectivity index (χ2n) is 5.79. The monoisotopic (exact) mass is 273 g/mol. The van der Waals surface area contributed by atoms with Crippen LogP contribution in [0.5, 0.6) is 0 Å². The van der Waals surface area contributed by atoms with E-state index in [1.165, 1.54) is 12.1 Å². The maximum absolute atomic E-state index is 13.4. The van der Waals surface area contributed by atoms with Crippen LogP contribution < -0.4 is 0 Å². The summed E-state index contributed by atoms with van der Waals surface area (Å²) in [6, 6.07) is 8.40. The van der Waals surface area contributed by atoms with Crippen LogP contribution in [0.15, 0.2) is 24.3 Å². The largest absolute Gasteiger partial charge is 0.273 e. The molecule has 0 radical (unpaired) electrons. The Morgan fingerprint density at radius 1 is 1.55 bits per heavy atom. The van der Waals surface area contributed by atoms with Crippen LogP contribution in [0.1, 0.15) is 31.4 Å². The van der Waals surface area contributed by atoms with Crippen LogP contribution in [-0.4, -0.2) is 29.0 Å². The van der Waals surface area contributed by atoms with E-state index in [0.29, 0.717) is 6.54 Å². The molecule has 0 N–H and O–H groups in total. The highest BCUT2D eigenvalue weighted by molar-refractivity contribution is 5.85. The number of hydrogen-bond acceptors (Lipinski definition) is 3. The Hall–Kier alpha value is -1.93. The van der Waals surface area contributed by atoms with E-state index in [2.05, 4.69) is 6.07 Å². The lowest BCUT2D eigenvalue weighted by Crippen LogP contribution is -2.36. The molecule has 1 amide bonds. The number of carbonyl (C=O) groups is 1. The summed E-state index contributed by atoms with van der Waals surface area (Å²) in [4.78, 5) is 12.6. The summed E-state index contributed by atoms with van der Waals surface area (Å²) in [5, 5.41) is 12.6. The Morgan fingerprint density at radius 2 is 2.35 bits per heavy atom. The zero-order valence-corrected chi connectivity index (χ0v) is 11.3. The van der Waals surface area contributed by atoms with Gasteiger partial charge in [-0.05, 0) is 31.0 Å². The first kappa shape index (κ1) is 13.1. The van der Waals surface area contributed by atoms with Crippen molar-refractivity contribution in [2.45, 2.75) is 25.8 Å². The van der Waals surface area contributed by atoms with E-state index in [0.717, 1.165) is 18.5 Å². The lowest BCUT2D eigenvalue weighted by Gasteiger charge is -2.26. The summed E-state index contributed by atoms with van der Waals surface area (Å²) in [5.41, 5.74) is 0.183. The van der Waals surface area contributed by atoms with Crippen molar-refractivity contribution in [1.82, 2.24) is 10.0 Å². The van der Waals surface area contributed by atoms with Crippen LogP contribution in [0, 0.1) is 22.6 Å². The molecule has 0 unspecified atom stereocenters. The van der Waals surface area contributed by atoms with E-state index in [4.69, 9.17) is 5.26 Å². The summed E-state index contributed by atoms with van der Waals surface area (Å²) in [7, 11) is 0. The number of halogens is 1. The molecular formula is C15H16FN3O. The first-order chi connectivity index (χ1) is 9.55. The minimum absolute atomic E-state index is 0.0224. The van der Waals surface area contributed by atoms with Gasteiger partial charge in [-0.2, -0.15) is 5.26 Å². The van der Waals surface area contributed by atoms with Crippen molar-refractivity contribution in [2.24, 2.45) is 5.41 Å². The van der Waals surface area contributed by atoms with Gasteiger partial charge in [0.2, 0.25) is 5.91 Å². The third-order valence-corrected chi connectivity index (χ3v) is 4.22. The molecule has 2 aliphatic heterocycles. The highest BCUT2D eigenvalue weighted by atomic mass is 19.1. The number of fused-ring (bicyclic) bond motifs is 1. The number of hydrogen-bond donors (Lipinski definition) is 0. The average molecular weight is 273 g/mol. The van der Waals surface area contributed by atoms with Gasteiger partial charge in [-0.1, -0.05) is 12.1 Å². The number of carbonyl (C=O) groups excluding carboxylic acids is 1. The topological polar surface area (TPSA) is 47.3 Å². The summed E-state index contributed by atoms with van der Waals surface area (Å²) in [6.07, 6.45) is 1.02. The number of benzene rings is 1. The molecule has 0 aromatic heterocycles. The van der Waals surface area contributed by atoms with Gasteiger partial charge in [0.1, 0.15) is 5.82 Å². The SMILES string of the molecule is C[C@]1(CC#N)CN2CC[C@@H](c3cccc(F)c3)N2C1=O. The summed E-state index contributed by atoms with van der Waals surface area (Å²) in [6.45, 7) is 3.18. The second-order valence-corrected chi connectivity index (χ2v) is 5.79. The number of nitriles is 1. The molecule has 1 aromatic carbocycles. The predicted octanol–water partition coefficient (Wildman–Crippen LogP) is 2.25. The zero-order chi connectivity index (χ0) is 14.3. The molecule has 3 rings (SSSR count). The number of hydrazine groups is 1. The van der Waals surface area contributed by atoms with Crippen LogP contribution in [0.25, 0.3) is 0 Å². The van der Waals surface area contributed by atoms with Gasteiger partial charge in [-0.25, -0.2) is 9.40 Å². The fraction of sp³-hybridized carbons (Fsp3) is 0.467. The molecule has 5 heteroatoms. The molecule has 2 heterocycles. The van der Waals surface area contributed by atoms with Crippen molar-refractivity contribution in [1.29, 1.82) is 5.26 Å². The maximum atomic E-state index is 13.4. The van der Waals surface area contributed by atoms with Crippen molar-refractivity contribution < 1.29 is 9.18 Å². The molecule has 1 aromatic rings. The van der Waals surface area contributed by atoms with E-state index in [9.17, 15) is 9.18 Å². The molecule has 2 saturated heterocycles. The minimum atomic E-state index is -0.638. The van der Waals surface area contributed by atoms with E-state index in [-0.39, 0.29) is 24.2 Å². The van der Waals surface area contributed by atoms with Crippen molar-refractivity contribution in [2.75, 3.05) is 13.1 Å². The van der Waals surface area contributed by atoms with Gasteiger partial charge in [0.05, 0.1) is 23.9 Å². The van der Waals surface area contributed by atoms with Crippen molar-refractivity contribution in [3.63, 3.8) is 0 Å². The summed E-state index contributed by atoms with van der Waals surface area (Å²) in [5.74, 6) is -0.307. The normalized spacial score (nSPS) is 29.6. The predicted molar refractivity (Wildman–Crippen MR) is 70.5 cm³/mol. The zero-order valence-electron chi connectivity index (χ0n) is 11.3. The average Bonchev–Trinajstić information content (AvgIpc) is 2.90. The van der Waals surface area contributed by atoms with Gasteiger partial charge in [0.25, 0.3) is 0 Å². The van der Waals surface area contributed by atoms with Crippen molar-refractivity contribution in [3.8, 4) is 6.07 Å². The van der Waals surface area contributed by atoms with Gasteiger partial charge in [-0.15, -0.1) is 0 Å². The molecule has 20 heavy (non-hydrogen) atoms. The van der Waals surface area contributed by atoms with Crippen molar-refractivity contribution >= 4 is 5.91 Å². The Kier molecular flexibility index (Phi) is 2.98. The Labute approximate surface area is 117 Å². The maximum Gasteiger partial charge on any atom is 0.245 e. The lowest BCUT2D eigenvalue weighted by molar-refractivity contribution is -0.142. The van der Waals surface area contributed by atoms with Gasteiger partial charge >= 0.3 is 0 Å². The molecule has 0 bridgehead atoms. The summed E-state index contributed by atoms with van der Waals surface area (Å²) >= 11 is 0. The third kappa shape index (κ3) is 1.88. The molecule has 2 fully saturated rings. The van der Waals surface area contributed by atoms with Gasteiger partial charge < -0.3 is 0 Å². The smallest absolute Gasteiger partial charge is 0.245 e. The first-order valence-corrected chi connectivity index (χ1v) is 6.76. The van der Waals surface area contributed by atoms with Crippen LogP contribution in [0.3, 0.4) is 0 Å². The molecular weight excluding hydrogens is 257 g/mol. The van der Waals surface area contributed by atoms with Crippen LogP contribution >= 0.6 is 0 Å². The van der Waals surface area contributed by atoms with E-state index in [1.807, 2.05) is 18.0 Å². The Morgan fingerprint density at radius 3 is 3.05 bits per heavy atom. The quantitative estimate of drug-likeness (QED) is 0.830. The van der Waals surface area contributed by atoms with Gasteiger partial charge in [-0.3, -0.25) is 9.80 Å². The van der Waals surface area contributed by atoms with E-state index >= 15 is 0 Å². The van der Waals surface area contributed by atoms with Crippen LogP contribution in [0.2, 0.25) is 0 Å². The molecule has 4 nitrogen and oxygen atoms in total. The number of rotatable bonds is 2. The second kappa shape index (κ2) is 4.57. The first-order valence-electron chi connectivity index (χ1n) is 6.76. The Balaban J connectivity index is 1.91. The number of nitrogens with zero attached hydrogens (tertiary/aromatic N) is 3. The molecule has 104 valence electrons. The fourth-order valence-electron chi connectivity index (χ4n) is 3.20. The van der Waals surface area contributed by atoms with Gasteiger partial charge in [0, 0.05) is 13.1 Å². The Bertz CT molecular complexity index is 597. The number of amides is 1. The van der Waals surface area contributed by atoms with Gasteiger partial charge in [0.15, 0.2) is 0 Å². The standard InChI is InChI=1S/C15H16FN3O/c1-15(6-7-17)10-18-8-5-13(19(18)14(15)20)11-3-2-4-12(16)9-11/h2-4,9,13H,5-6,8,10H2,1H3/t13-,15-/m0/s1. The summed E-state index contributed by atoms with van der Waals surface area (Å²) < 4.78 is 13.4. The lowest BCUT2D eigenvalue weighted by atomic mass is 9.86. The third-order valence-electron chi connectivity index (χ3n) is 4.22. The minimum Gasteiger partial charge on any atom is -0.273 e. The fourth-order valence-corrected chi connectivity index (χ4v) is 3.20. The van der Waals surface area contributed by atoms with Crippen LogP contribution in [0.4, 0.5) is 4.39 Å². The molecule has 0 aliphatic carbocycles. The van der Waals surface area contributed by atoms with E-state index in [1.54, 1.807) is 11.1 Å². The molecule has 2 aliphatic rings. The van der Waals surface area contributed by atoms with Crippen molar-refractivity contribution in [3.05, 3.63) is 35.6 Å².